The van der Waals surface area contributed by atoms with Gasteiger partial charge in [-0.1, -0.05) is 18.2 Å². The lowest BCUT2D eigenvalue weighted by atomic mass is 10.2. The van der Waals surface area contributed by atoms with Crippen molar-refractivity contribution in [1.29, 1.82) is 0 Å². The Morgan fingerprint density at radius 3 is 2.80 bits per heavy atom. The molecule has 4 rings (SSSR count). The molecule has 0 radical (unpaired) electrons. The van der Waals surface area contributed by atoms with Gasteiger partial charge in [0, 0.05) is 5.38 Å². The normalized spacial score (nSPS) is 12.5. The zero-order valence-electron chi connectivity index (χ0n) is 13.7. The lowest BCUT2D eigenvalue weighted by Gasteiger charge is -2.12. The molecule has 1 atom stereocenters. The van der Waals surface area contributed by atoms with Crippen LogP contribution in [0.25, 0.3) is 20.8 Å². The fourth-order valence-electron chi connectivity index (χ4n) is 2.78. The third kappa shape index (κ3) is 3.53. The van der Waals surface area contributed by atoms with Gasteiger partial charge in [0.2, 0.25) is 0 Å². The van der Waals surface area contributed by atoms with Crippen molar-refractivity contribution < 1.29 is 4.90 Å². The van der Waals surface area contributed by atoms with Gasteiger partial charge in [-0.25, -0.2) is 9.97 Å². The number of aromatic nitrogens is 3. The minimum Gasteiger partial charge on any atom is -0.326 e. The second-order valence-electron chi connectivity index (χ2n) is 5.96. The summed E-state index contributed by atoms with van der Waals surface area (Å²) >= 11 is 3.38. The highest BCUT2D eigenvalue weighted by Crippen LogP contribution is 2.27. The molecule has 0 saturated carbocycles. The van der Waals surface area contributed by atoms with Crippen molar-refractivity contribution in [2.24, 2.45) is 0 Å². The van der Waals surface area contributed by atoms with Crippen molar-refractivity contribution in [3.63, 3.8) is 0 Å². The summed E-state index contributed by atoms with van der Waals surface area (Å²) in [5, 5.41) is 5.86. The second-order valence-corrected chi connectivity index (χ2v) is 7.77. The van der Waals surface area contributed by atoms with E-state index in [4.69, 9.17) is 4.98 Å². The molecule has 3 heterocycles. The first-order valence-corrected chi connectivity index (χ1v) is 9.72. The summed E-state index contributed by atoms with van der Waals surface area (Å²) in [6, 6.07) is 11.5. The summed E-state index contributed by atoms with van der Waals surface area (Å²) in [6.07, 6.45) is 0. The monoisotopic (exact) mass is 369 g/mol. The zero-order chi connectivity index (χ0) is 17.2. The van der Waals surface area contributed by atoms with Crippen LogP contribution in [0.3, 0.4) is 0 Å². The average molecular weight is 369 g/mol. The van der Waals surface area contributed by atoms with Gasteiger partial charge < -0.3 is 9.88 Å². The van der Waals surface area contributed by atoms with Crippen molar-refractivity contribution in [2.45, 2.75) is 13.1 Å². The molecular weight excluding hydrogens is 352 g/mol. The highest BCUT2D eigenvalue weighted by atomic mass is 32.1. The van der Waals surface area contributed by atoms with E-state index in [1.807, 2.05) is 24.3 Å². The number of nitrogens with one attached hydrogen (secondary N) is 2. The number of rotatable bonds is 5. The second kappa shape index (κ2) is 6.87. The number of thiazole rings is 1. The van der Waals surface area contributed by atoms with Crippen molar-refractivity contribution >= 4 is 33.6 Å². The molecule has 3 aromatic heterocycles. The standard InChI is InChI=1S/C18H16N4OS2/c1-22(9-12-11-25-18(19-12)15-7-4-8-24-15)10-16-20-14-6-3-2-5-13(14)17(23)21-16/h2-8,11H,9-10H2,1H3,(H,20,21,23)/p+1. The van der Waals surface area contributed by atoms with Gasteiger partial charge in [0.1, 0.15) is 23.8 Å². The Morgan fingerprint density at radius 2 is 1.96 bits per heavy atom. The topological polar surface area (TPSA) is 63.1 Å². The Labute approximate surface area is 152 Å². The smallest absolute Gasteiger partial charge is 0.258 e. The molecule has 0 aliphatic carbocycles. The number of aromatic amines is 1. The molecule has 126 valence electrons. The van der Waals surface area contributed by atoms with Gasteiger partial charge in [0.25, 0.3) is 5.56 Å². The van der Waals surface area contributed by atoms with Gasteiger partial charge >= 0.3 is 0 Å². The Hall–Kier alpha value is -2.35. The summed E-state index contributed by atoms with van der Waals surface area (Å²) in [5.74, 6) is 0.704. The molecule has 0 bridgehead atoms. The van der Waals surface area contributed by atoms with Crippen molar-refractivity contribution in [3.8, 4) is 9.88 Å². The van der Waals surface area contributed by atoms with Gasteiger partial charge in [0.05, 0.1) is 22.8 Å². The minimum atomic E-state index is -0.0814. The number of nitrogens with zero attached hydrogens (tertiary/aromatic N) is 2. The van der Waals surface area contributed by atoms with Crippen LogP contribution in [0.5, 0.6) is 0 Å². The van der Waals surface area contributed by atoms with Crippen molar-refractivity contribution in [2.75, 3.05) is 7.05 Å². The lowest BCUT2D eigenvalue weighted by Crippen LogP contribution is -3.06. The quantitative estimate of drug-likeness (QED) is 0.567. The molecule has 1 unspecified atom stereocenters. The minimum absolute atomic E-state index is 0.0814. The number of hydrogen-bond donors (Lipinski definition) is 2. The highest BCUT2D eigenvalue weighted by molar-refractivity contribution is 7.20. The fourth-order valence-corrected chi connectivity index (χ4v) is 4.41. The summed E-state index contributed by atoms with van der Waals surface area (Å²) in [4.78, 5) is 26.8. The molecule has 0 saturated heterocycles. The third-order valence-corrected chi connectivity index (χ3v) is 5.83. The molecule has 5 nitrogen and oxygen atoms in total. The number of thiophene rings is 1. The molecule has 4 aromatic rings. The predicted octanol–water partition coefficient (Wildman–Crippen LogP) is 2.32. The van der Waals surface area contributed by atoms with Crippen LogP contribution in [0.1, 0.15) is 11.5 Å². The van der Waals surface area contributed by atoms with Crippen LogP contribution in [-0.4, -0.2) is 22.0 Å². The summed E-state index contributed by atoms with van der Waals surface area (Å²) in [5.41, 5.74) is 1.72. The van der Waals surface area contributed by atoms with Crippen LogP contribution < -0.4 is 10.5 Å². The third-order valence-electron chi connectivity index (χ3n) is 3.90. The SMILES string of the molecule is C[NH+](Cc1csc(-c2cccs2)n1)Cc1nc2ccccc2c(=O)[nH]1. The van der Waals surface area contributed by atoms with Crippen molar-refractivity contribution in [1.82, 2.24) is 15.0 Å². The van der Waals surface area contributed by atoms with E-state index in [1.165, 1.54) is 9.78 Å². The maximum absolute atomic E-state index is 12.2. The number of hydrogen-bond acceptors (Lipinski definition) is 5. The van der Waals surface area contributed by atoms with Gasteiger partial charge in [0.15, 0.2) is 5.82 Å². The Balaban J connectivity index is 1.49. The molecule has 0 fully saturated rings. The van der Waals surface area contributed by atoms with Crippen LogP contribution in [0.15, 0.2) is 52.0 Å². The van der Waals surface area contributed by atoms with E-state index in [0.717, 1.165) is 22.8 Å². The maximum atomic E-state index is 12.2. The summed E-state index contributed by atoms with van der Waals surface area (Å²) < 4.78 is 0. The first-order chi connectivity index (χ1) is 12.2. The van der Waals surface area contributed by atoms with Gasteiger partial charge in [-0.3, -0.25) is 4.79 Å². The van der Waals surface area contributed by atoms with E-state index in [1.54, 1.807) is 28.7 Å². The van der Waals surface area contributed by atoms with E-state index in [2.05, 4.69) is 33.8 Å². The molecule has 0 spiro atoms. The lowest BCUT2D eigenvalue weighted by molar-refractivity contribution is -0.908. The highest BCUT2D eigenvalue weighted by Gasteiger charge is 2.12. The molecule has 0 aliphatic rings. The number of quaternary nitrogens is 1. The first-order valence-electron chi connectivity index (χ1n) is 7.96. The predicted molar refractivity (Wildman–Crippen MR) is 102 cm³/mol. The van der Waals surface area contributed by atoms with E-state index in [-0.39, 0.29) is 5.56 Å². The number of para-hydroxylation sites is 1. The van der Waals surface area contributed by atoms with E-state index < -0.39 is 0 Å². The maximum Gasteiger partial charge on any atom is 0.258 e. The van der Waals surface area contributed by atoms with Crippen LogP contribution in [0.4, 0.5) is 0 Å². The number of fused-ring (bicyclic) bond motifs is 1. The fraction of sp³-hybridized carbons (Fsp3) is 0.167. The molecule has 2 N–H and O–H groups in total. The van der Waals surface area contributed by atoms with E-state index in [0.29, 0.717) is 17.8 Å². The van der Waals surface area contributed by atoms with Crippen LogP contribution in [0, 0.1) is 0 Å². The van der Waals surface area contributed by atoms with E-state index in [9.17, 15) is 4.79 Å². The van der Waals surface area contributed by atoms with Gasteiger partial charge in [-0.05, 0) is 23.6 Å². The largest absolute Gasteiger partial charge is 0.326 e. The molecule has 0 aliphatic heterocycles. The summed E-state index contributed by atoms with van der Waals surface area (Å²) in [7, 11) is 2.08. The Bertz CT molecular complexity index is 1050. The zero-order valence-corrected chi connectivity index (χ0v) is 15.3. The Kier molecular flexibility index (Phi) is 4.44. The number of H-pyrrole nitrogens is 1. The molecule has 25 heavy (non-hydrogen) atoms. The van der Waals surface area contributed by atoms with Crippen LogP contribution in [0.2, 0.25) is 0 Å². The average Bonchev–Trinajstić information content (AvgIpc) is 3.26. The van der Waals surface area contributed by atoms with Crippen LogP contribution in [-0.2, 0) is 13.1 Å². The van der Waals surface area contributed by atoms with Gasteiger partial charge in [-0.2, -0.15) is 0 Å². The number of benzene rings is 1. The van der Waals surface area contributed by atoms with E-state index >= 15 is 0 Å². The van der Waals surface area contributed by atoms with Crippen LogP contribution >= 0.6 is 22.7 Å². The molecule has 1 aromatic carbocycles. The summed E-state index contributed by atoms with van der Waals surface area (Å²) in [6.45, 7) is 1.43. The molecule has 7 heteroatoms. The van der Waals surface area contributed by atoms with Gasteiger partial charge in [-0.15, -0.1) is 22.7 Å². The Morgan fingerprint density at radius 1 is 1.08 bits per heavy atom. The first kappa shape index (κ1) is 16.1. The molecule has 0 amide bonds. The molecular formula is C18H17N4OS2+. The van der Waals surface area contributed by atoms with Crippen molar-refractivity contribution in [3.05, 3.63) is 69.0 Å².